The summed E-state index contributed by atoms with van der Waals surface area (Å²) in [4.78, 5) is 21.3. The van der Waals surface area contributed by atoms with E-state index in [2.05, 4.69) is 12.2 Å². The van der Waals surface area contributed by atoms with Crippen molar-refractivity contribution in [2.24, 2.45) is 9.98 Å². The van der Waals surface area contributed by atoms with Gasteiger partial charge in [0.1, 0.15) is 5.78 Å². The summed E-state index contributed by atoms with van der Waals surface area (Å²) >= 11 is 0. The van der Waals surface area contributed by atoms with Crippen LogP contribution in [0.2, 0.25) is 0 Å². The summed E-state index contributed by atoms with van der Waals surface area (Å²) < 4.78 is 0. The summed E-state index contributed by atoms with van der Waals surface area (Å²) in [7, 11) is 0. The van der Waals surface area contributed by atoms with Crippen LogP contribution in [0.15, 0.2) is 143 Å². The zero-order valence-corrected chi connectivity index (χ0v) is 28.4. The van der Waals surface area contributed by atoms with Crippen LogP contribution in [0.25, 0.3) is 10.6 Å². The van der Waals surface area contributed by atoms with E-state index >= 15 is 0 Å². The predicted octanol–water partition coefficient (Wildman–Crippen LogP) is 8.25. The monoisotopic (exact) mass is 736 g/mol. The zero-order valence-electron chi connectivity index (χ0n) is 24.8. The number of aliphatic imine (C=N–C) groups is 2. The minimum absolute atomic E-state index is 0. The second-order valence-corrected chi connectivity index (χ2v) is 10.2. The molecule has 0 aromatic heterocycles. The van der Waals surface area contributed by atoms with Gasteiger partial charge in [-0.1, -0.05) is 122 Å². The first-order valence-electron chi connectivity index (χ1n) is 14.9. The predicted molar refractivity (Wildman–Crippen MR) is 178 cm³/mol. The third-order valence-electron chi connectivity index (χ3n) is 6.73. The Morgan fingerprint density at radius 1 is 0.581 bits per heavy atom. The van der Waals surface area contributed by atoms with Gasteiger partial charge in [0, 0.05) is 63.2 Å². The third-order valence-corrected chi connectivity index (χ3v) is 6.73. The van der Waals surface area contributed by atoms with Crippen LogP contribution in [-0.2, 0) is 43.5 Å². The van der Waals surface area contributed by atoms with Gasteiger partial charge in [-0.2, -0.15) is 0 Å². The molecule has 5 rings (SSSR count). The Labute approximate surface area is 275 Å². The molecule has 0 saturated carbocycles. The van der Waals surface area contributed by atoms with Gasteiger partial charge in [-0.3, -0.25) is 14.8 Å². The Hall–Kier alpha value is -3.64. The molecule has 220 valence electrons. The van der Waals surface area contributed by atoms with Crippen molar-refractivity contribution < 1.29 is 30.6 Å². The first kappa shape index (κ1) is 33.9. The molecule has 5 nitrogen and oxygen atoms in total. The van der Waals surface area contributed by atoms with Crippen molar-refractivity contribution in [2.45, 2.75) is 38.5 Å². The Bertz CT molecular complexity index is 1340. The molecule has 3 aliphatic rings. The van der Waals surface area contributed by atoms with Gasteiger partial charge in [-0.15, -0.1) is 24.5 Å². The van der Waals surface area contributed by atoms with E-state index < -0.39 is 0 Å². The maximum Gasteiger partial charge on any atom is 0.141 e. The van der Waals surface area contributed by atoms with Crippen molar-refractivity contribution in [3.05, 3.63) is 155 Å². The first-order chi connectivity index (χ1) is 20.8. The van der Waals surface area contributed by atoms with Crippen LogP contribution in [-0.4, -0.2) is 43.4 Å². The van der Waals surface area contributed by atoms with Crippen LogP contribution in [0.5, 0.6) is 0 Å². The molecule has 43 heavy (non-hydrogen) atoms. The molecule has 2 aromatic rings. The number of carbonyl (C=O) groups excluding carboxylic acids is 1. The first-order valence-corrected chi connectivity index (χ1v) is 14.9. The van der Waals surface area contributed by atoms with Gasteiger partial charge in [0.25, 0.3) is 0 Å². The van der Waals surface area contributed by atoms with Crippen LogP contribution in [0.1, 0.15) is 36.8 Å². The number of nitrogens with zero attached hydrogens (tertiary/aromatic N) is 4. The number of benzene rings is 2. The molecule has 1 heterocycles. The molecular formula is C37H40HfN4O-2. The van der Waals surface area contributed by atoms with Gasteiger partial charge in [0.05, 0.1) is 0 Å². The molecule has 6 heteroatoms. The van der Waals surface area contributed by atoms with Crippen molar-refractivity contribution in [2.75, 3.05) is 26.2 Å². The Morgan fingerprint density at radius 3 is 1.60 bits per heavy atom. The van der Waals surface area contributed by atoms with Crippen molar-refractivity contribution in [3.63, 3.8) is 0 Å². The molecule has 0 saturated heterocycles. The smallest absolute Gasteiger partial charge is 0.141 e. The minimum atomic E-state index is 0. The summed E-state index contributed by atoms with van der Waals surface area (Å²) in [6.07, 6.45) is 25.6. The standard InChI is InChI=1S/C22H26N4.C15H14O.Hf/c1-4-11-19-21(13-6-1)25-17-10-18-26-22-14-7-2-5-12-20(22)24-16-9-3-8-15-23-19;16-15(11-13-7-3-1-4-8-13)12-14-9-5-2-6-10-14;/h1-2,4-7,11-14H,3,8-10,15-18H2;1-10H,11-12H2;/q-2;;. The molecule has 2 aliphatic carbocycles. The summed E-state index contributed by atoms with van der Waals surface area (Å²) in [6, 6.07) is 19.7. The van der Waals surface area contributed by atoms with Gasteiger partial charge < -0.3 is 10.6 Å². The van der Waals surface area contributed by atoms with E-state index in [1.165, 1.54) is 0 Å². The summed E-state index contributed by atoms with van der Waals surface area (Å²) in [5.74, 6) is 0.261. The summed E-state index contributed by atoms with van der Waals surface area (Å²) in [5.41, 5.74) is 6.10. The maximum absolute atomic E-state index is 11.8. The number of fused-ring (bicyclic) bond motifs is 2. The fourth-order valence-electron chi connectivity index (χ4n) is 4.57. The van der Waals surface area contributed by atoms with E-state index in [1.54, 1.807) is 0 Å². The van der Waals surface area contributed by atoms with E-state index in [1.807, 2.05) is 109 Å². The number of Topliss-reactive ketones (excluding diaryl/α,β-unsaturated/α-hetero) is 1. The van der Waals surface area contributed by atoms with Crippen LogP contribution in [0, 0.1) is 0 Å². The summed E-state index contributed by atoms with van der Waals surface area (Å²) in [6.45, 7) is 3.18. The second-order valence-electron chi connectivity index (χ2n) is 10.2. The number of allylic oxidation sites excluding steroid dienone is 10. The fourth-order valence-corrected chi connectivity index (χ4v) is 4.57. The van der Waals surface area contributed by atoms with Gasteiger partial charge in [0.2, 0.25) is 0 Å². The number of carbonyl (C=O) groups is 1. The number of hydrogen-bond donors (Lipinski definition) is 0. The van der Waals surface area contributed by atoms with Crippen LogP contribution in [0.3, 0.4) is 0 Å². The minimum Gasteiger partial charge on any atom is -0.683 e. The molecular weight excluding hydrogens is 695 g/mol. The van der Waals surface area contributed by atoms with E-state index in [0.717, 1.165) is 85.8 Å². The Morgan fingerprint density at radius 2 is 1.07 bits per heavy atom. The quantitative estimate of drug-likeness (QED) is 0.292. The number of rotatable bonds is 4. The van der Waals surface area contributed by atoms with E-state index in [4.69, 9.17) is 20.6 Å². The van der Waals surface area contributed by atoms with Gasteiger partial charge >= 0.3 is 0 Å². The number of hydrogen-bond acceptors (Lipinski definition) is 3. The topological polar surface area (TPSA) is 70.0 Å². The fraction of sp³-hybridized carbons (Fsp3) is 0.270. The van der Waals surface area contributed by atoms with Crippen molar-refractivity contribution in [1.82, 2.24) is 0 Å². The third kappa shape index (κ3) is 13.0. The molecule has 0 radical (unpaired) electrons. The van der Waals surface area contributed by atoms with Crippen LogP contribution >= 0.6 is 0 Å². The van der Waals surface area contributed by atoms with Crippen LogP contribution < -0.4 is 0 Å². The SMILES string of the molecule is C1=CC=C2[N-]CCCCCN=C3C=CC=CC=C3[N-]CCCN=C2C=C1.O=C(Cc1ccccc1)Cc1ccccc1.[Hf]. The van der Waals surface area contributed by atoms with E-state index in [-0.39, 0.29) is 31.6 Å². The molecule has 2 aromatic carbocycles. The van der Waals surface area contributed by atoms with E-state index in [0.29, 0.717) is 12.8 Å². The largest absolute Gasteiger partial charge is 0.683 e. The van der Waals surface area contributed by atoms with Gasteiger partial charge in [-0.05, 0) is 36.1 Å². The molecule has 0 atom stereocenters. The normalized spacial score (nSPS) is 16.7. The van der Waals surface area contributed by atoms with E-state index in [9.17, 15) is 4.79 Å². The van der Waals surface area contributed by atoms with Gasteiger partial charge in [-0.25, -0.2) is 0 Å². The molecule has 1 aliphatic heterocycles. The van der Waals surface area contributed by atoms with Crippen molar-refractivity contribution in [3.8, 4) is 0 Å². The molecule has 0 amide bonds. The average Bonchev–Trinajstić information content (AvgIpc) is 3.37. The Balaban J connectivity index is 0.000000256. The maximum atomic E-state index is 11.8. The molecule has 0 unspecified atom stereocenters. The second kappa shape index (κ2) is 20.3. The molecule has 0 spiro atoms. The molecule has 0 fully saturated rings. The van der Waals surface area contributed by atoms with Crippen LogP contribution in [0.4, 0.5) is 0 Å². The molecule has 0 bridgehead atoms. The zero-order chi connectivity index (χ0) is 29.1. The summed E-state index contributed by atoms with van der Waals surface area (Å²) in [5, 5.41) is 9.50. The van der Waals surface area contributed by atoms with Gasteiger partial charge in [0.15, 0.2) is 0 Å². The van der Waals surface area contributed by atoms with Crippen molar-refractivity contribution in [1.29, 1.82) is 0 Å². The number of ketones is 1. The Kier molecular flexibility index (Phi) is 16.0. The molecule has 0 N–H and O–H groups in total. The average molecular weight is 735 g/mol. The van der Waals surface area contributed by atoms with Crippen molar-refractivity contribution >= 4 is 17.2 Å².